The highest BCUT2D eigenvalue weighted by molar-refractivity contribution is 5.79. The van der Waals surface area contributed by atoms with Gasteiger partial charge < -0.3 is 20.7 Å². The molecular weight excluding hydrogens is 248 g/mol. The van der Waals surface area contributed by atoms with Crippen molar-refractivity contribution in [3.63, 3.8) is 0 Å². The van der Waals surface area contributed by atoms with Crippen LogP contribution in [0.3, 0.4) is 0 Å². The highest BCUT2D eigenvalue weighted by atomic mass is 19.3. The number of hydrogen-bond donors (Lipinski definition) is 3. The Balaban J connectivity index is 3.05. The number of nitrogens with two attached hydrogens (primary N) is 1. The molecule has 0 amide bonds. The summed E-state index contributed by atoms with van der Waals surface area (Å²) in [7, 11) is 0. The van der Waals surface area contributed by atoms with E-state index in [9.17, 15) is 18.7 Å². The fourth-order valence-corrected chi connectivity index (χ4v) is 1.34. The molecule has 0 aliphatic heterocycles. The quantitative estimate of drug-likeness (QED) is 0.710. The lowest BCUT2D eigenvalue weighted by Crippen LogP contribution is -2.41. The second-order valence-electron chi connectivity index (χ2n) is 3.56. The Morgan fingerprint density at radius 2 is 2.11 bits per heavy atom. The SMILES string of the molecule is CCOC(=O)C(F)(F)[C@H](N)c1ccc(O)cc1O. The van der Waals surface area contributed by atoms with Gasteiger partial charge in [0.05, 0.1) is 6.61 Å². The second kappa shape index (κ2) is 5.18. The molecule has 0 saturated carbocycles. The number of carbonyl (C=O) groups is 1. The van der Waals surface area contributed by atoms with E-state index in [1.54, 1.807) is 0 Å². The van der Waals surface area contributed by atoms with Crippen LogP contribution in [-0.4, -0.2) is 28.7 Å². The van der Waals surface area contributed by atoms with Gasteiger partial charge in [0.1, 0.15) is 17.5 Å². The number of esters is 1. The highest BCUT2D eigenvalue weighted by Gasteiger charge is 2.48. The third-order valence-electron chi connectivity index (χ3n) is 2.29. The van der Waals surface area contributed by atoms with Crippen LogP contribution in [0.2, 0.25) is 0 Å². The lowest BCUT2D eigenvalue weighted by Gasteiger charge is -2.22. The molecule has 0 aromatic heterocycles. The fourth-order valence-electron chi connectivity index (χ4n) is 1.34. The van der Waals surface area contributed by atoms with Crippen molar-refractivity contribution in [2.24, 2.45) is 5.73 Å². The van der Waals surface area contributed by atoms with Crippen LogP contribution in [0.25, 0.3) is 0 Å². The molecule has 5 nitrogen and oxygen atoms in total. The molecule has 0 spiro atoms. The van der Waals surface area contributed by atoms with Crippen molar-refractivity contribution in [1.29, 1.82) is 0 Å². The average Bonchev–Trinajstić information content (AvgIpc) is 2.28. The molecule has 0 aliphatic rings. The first kappa shape index (κ1) is 14.2. The molecule has 1 aromatic carbocycles. The minimum atomic E-state index is -3.97. The van der Waals surface area contributed by atoms with E-state index in [2.05, 4.69) is 4.74 Å². The van der Waals surface area contributed by atoms with E-state index in [0.717, 1.165) is 18.2 Å². The number of phenols is 2. The van der Waals surface area contributed by atoms with Gasteiger partial charge in [-0.1, -0.05) is 0 Å². The van der Waals surface area contributed by atoms with Crippen molar-refractivity contribution >= 4 is 5.97 Å². The number of halogens is 2. The third kappa shape index (κ3) is 2.67. The molecule has 18 heavy (non-hydrogen) atoms. The first-order chi connectivity index (χ1) is 8.30. The summed E-state index contributed by atoms with van der Waals surface area (Å²) in [5, 5.41) is 18.4. The molecule has 1 atom stereocenters. The van der Waals surface area contributed by atoms with Gasteiger partial charge in [0, 0.05) is 11.6 Å². The van der Waals surface area contributed by atoms with Crippen molar-refractivity contribution in [1.82, 2.24) is 0 Å². The summed E-state index contributed by atoms with van der Waals surface area (Å²) in [5.41, 5.74) is 4.91. The Bertz CT molecular complexity index is 451. The van der Waals surface area contributed by atoms with E-state index in [4.69, 9.17) is 10.8 Å². The van der Waals surface area contributed by atoms with Gasteiger partial charge in [0.25, 0.3) is 0 Å². The van der Waals surface area contributed by atoms with E-state index >= 15 is 0 Å². The maximum absolute atomic E-state index is 13.6. The molecule has 0 fully saturated rings. The van der Waals surface area contributed by atoms with E-state index < -0.39 is 23.7 Å². The predicted octanol–water partition coefficient (Wildman–Crippen LogP) is 1.30. The Kier molecular flexibility index (Phi) is 4.07. The van der Waals surface area contributed by atoms with Gasteiger partial charge >= 0.3 is 11.9 Å². The monoisotopic (exact) mass is 261 g/mol. The van der Waals surface area contributed by atoms with Gasteiger partial charge in [-0.3, -0.25) is 0 Å². The summed E-state index contributed by atoms with van der Waals surface area (Å²) in [6.45, 7) is 1.18. The van der Waals surface area contributed by atoms with Crippen LogP contribution in [-0.2, 0) is 9.53 Å². The zero-order valence-electron chi connectivity index (χ0n) is 9.56. The first-order valence-electron chi connectivity index (χ1n) is 5.13. The van der Waals surface area contributed by atoms with Crippen molar-refractivity contribution in [3.05, 3.63) is 23.8 Å². The van der Waals surface area contributed by atoms with E-state index in [1.165, 1.54) is 6.92 Å². The standard InChI is InChI=1S/C11H13F2NO4/c1-2-18-10(17)11(12,13)9(14)7-4-3-6(15)5-8(7)16/h3-5,9,15-16H,2,14H2,1H3/t9-/m1/s1. The van der Waals surface area contributed by atoms with Gasteiger partial charge in [-0.15, -0.1) is 0 Å². The average molecular weight is 261 g/mol. The lowest BCUT2D eigenvalue weighted by atomic mass is 10.0. The van der Waals surface area contributed by atoms with Gasteiger partial charge in [0.15, 0.2) is 0 Å². The van der Waals surface area contributed by atoms with Crippen LogP contribution in [0, 0.1) is 0 Å². The topological polar surface area (TPSA) is 92.8 Å². The van der Waals surface area contributed by atoms with Crippen LogP contribution < -0.4 is 5.73 Å². The Labute approximate surface area is 102 Å². The molecule has 1 aromatic rings. The van der Waals surface area contributed by atoms with Crippen molar-refractivity contribution in [2.75, 3.05) is 6.61 Å². The van der Waals surface area contributed by atoms with Crippen LogP contribution in [0.4, 0.5) is 8.78 Å². The largest absolute Gasteiger partial charge is 0.508 e. The molecule has 0 radical (unpaired) electrons. The maximum atomic E-state index is 13.6. The number of ether oxygens (including phenoxy) is 1. The molecule has 0 heterocycles. The molecule has 4 N–H and O–H groups in total. The van der Waals surface area contributed by atoms with Crippen LogP contribution in [0.1, 0.15) is 18.5 Å². The molecule has 0 aliphatic carbocycles. The van der Waals surface area contributed by atoms with Crippen molar-refractivity contribution < 1.29 is 28.5 Å². The normalized spacial score (nSPS) is 13.1. The minimum Gasteiger partial charge on any atom is -0.508 e. The van der Waals surface area contributed by atoms with Gasteiger partial charge in [-0.25, -0.2) is 4.79 Å². The molecule has 0 unspecified atom stereocenters. The van der Waals surface area contributed by atoms with Crippen molar-refractivity contribution in [2.45, 2.75) is 18.9 Å². The maximum Gasteiger partial charge on any atom is 0.379 e. The summed E-state index contributed by atoms with van der Waals surface area (Å²) in [4.78, 5) is 11.1. The molecule has 0 saturated heterocycles. The number of alkyl halides is 2. The Hall–Kier alpha value is -1.89. The zero-order chi connectivity index (χ0) is 13.9. The predicted molar refractivity (Wildman–Crippen MR) is 58.3 cm³/mol. The third-order valence-corrected chi connectivity index (χ3v) is 2.29. The van der Waals surface area contributed by atoms with Gasteiger partial charge in [-0.2, -0.15) is 8.78 Å². The minimum absolute atomic E-state index is 0.206. The summed E-state index contributed by atoms with van der Waals surface area (Å²) in [6, 6.07) is 0.895. The molecule has 1 rings (SSSR count). The van der Waals surface area contributed by atoms with E-state index in [1.807, 2.05) is 0 Å². The molecule has 7 heteroatoms. The second-order valence-corrected chi connectivity index (χ2v) is 3.56. The van der Waals surface area contributed by atoms with Crippen molar-refractivity contribution in [3.8, 4) is 11.5 Å². The van der Waals surface area contributed by atoms with E-state index in [0.29, 0.717) is 0 Å². The molecule has 100 valence electrons. The number of aromatic hydroxyl groups is 2. The number of carbonyl (C=O) groups excluding carboxylic acids is 1. The van der Waals surface area contributed by atoms with Crippen LogP contribution in [0.5, 0.6) is 11.5 Å². The summed E-state index contributed by atoms with van der Waals surface area (Å²) < 4.78 is 31.4. The lowest BCUT2D eigenvalue weighted by molar-refractivity contribution is -0.174. The smallest absolute Gasteiger partial charge is 0.379 e. The van der Waals surface area contributed by atoms with E-state index in [-0.39, 0.29) is 17.9 Å². The van der Waals surface area contributed by atoms with Gasteiger partial charge in [0.2, 0.25) is 0 Å². The number of phenolic OH excluding ortho intramolecular Hbond substituents is 2. The fraction of sp³-hybridized carbons (Fsp3) is 0.364. The number of rotatable bonds is 4. The van der Waals surface area contributed by atoms with Crippen LogP contribution in [0.15, 0.2) is 18.2 Å². The summed E-state index contributed by atoms with van der Waals surface area (Å²) in [5.74, 6) is -6.65. The Morgan fingerprint density at radius 3 is 2.61 bits per heavy atom. The zero-order valence-corrected chi connectivity index (χ0v) is 9.56. The first-order valence-corrected chi connectivity index (χ1v) is 5.13. The number of benzene rings is 1. The molecular formula is C11H13F2NO4. The number of hydrogen-bond acceptors (Lipinski definition) is 5. The molecule has 0 bridgehead atoms. The summed E-state index contributed by atoms with van der Waals surface area (Å²) in [6.07, 6.45) is 0. The van der Waals surface area contributed by atoms with Crippen LogP contribution >= 0.6 is 0 Å². The Morgan fingerprint density at radius 1 is 1.50 bits per heavy atom. The highest BCUT2D eigenvalue weighted by Crippen LogP contribution is 2.36. The van der Waals surface area contributed by atoms with Gasteiger partial charge in [-0.05, 0) is 19.1 Å². The summed E-state index contributed by atoms with van der Waals surface area (Å²) >= 11 is 0.